The lowest BCUT2D eigenvalue weighted by Crippen LogP contribution is -2.70. The van der Waals surface area contributed by atoms with Gasteiger partial charge in [-0.05, 0) is 17.7 Å². The summed E-state index contributed by atoms with van der Waals surface area (Å²) in [6.45, 7) is -1.58. The first-order valence-electron chi connectivity index (χ1n) is 7.67. The quantitative estimate of drug-likeness (QED) is 0.364. The summed E-state index contributed by atoms with van der Waals surface area (Å²) in [4.78, 5) is 0. The number of nitrogens with one attached hydrogen (secondary N) is 1. The monoisotopic (exact) mass is 469 g/mol. The summed E-state index contributed by atoms with van der Waals surface area (Å²) in [5.74, 6) is -36.9. The van der Waals surface area contributed by atoms with Gasteiger partial charge in [-0.1, -0.05) is 12.1 Å². The molecule has 0 amide bonds. The van der Waals surface area contributed by atoms with E-state index in [1.165, 1.54) is 12.1 Å². The fraction of sp³-hybridized carbons (Fsp3) is 0.600. The Hall–Kier alpha value is -1.93. The summed E-state index contributed by atoms with van der Waals surface area (Å²) in [7, 11) is 0. The molecule has 0 heterocycles. The van der Waals surface area contributed by atoms with Crippen LogP contribution in [0.5, 0.6) is 5.75 Å². The molecule has 0 fully saturated rings. The van der Waals surface area contributed by atoms with Crippen LogP contribution in [-0.2, 0) is 6.54 Å². The van der Waals surface area contributed by atoms with Crippen molar-refractivity contribution in [3.05, 3.63) is 29.8 Å². The molecule has 0 saturated heterocycles. The standard InChI is InChI=1S/C15H12F13NO/c16-10(17,5-6-29-7-8-1-3-9(30)4-2-8)11(18,19)12(20,21)13(22,23)14(24,25)15(26,27)28/h1-4,29-30H,5-7H2. The second kappa shape index (κ2) is 7.96. The zero-order chi connectivity index (χ0) is 23.8. The van der Waals surface area contributed by atoms with Gasteiger partial charge in [0.05, 0.1) is 0 Å². The van der Waals surface area contributed by atoms with Crippen LogP contribution in [0, 0.1) is 0 Å². The molecule has 0 saturated carbocycles. The van der Waals surface area contributed by atoms with Crippen LogP contribution in [-0.4, -0.2) is 47.4 Å². The van der Waals surface area contributed by atoms with Crippen LogP contribution in [0.1, 0.15) is 12.0 Å². The van der Waals surface area contributed by atoms with Gasteiger partial charge in [0.1, 0.15) is 5.75 Å². The lowest BCUT2D eigenvalue weighted by Gasteiger charge is -2.39. The first kappa shape index (κ1) is 26.1. The lowest BCUT2D eigenvalue weighted by atomic mass is 9.92. The topological polar surface area (TPSA) is 32.3 Å². The van der Waals surface area contributed by atoms with Gasteiger partial charge in [0.25, 0.3) is 0 Å². The van der Waals surface area contributed by atoms with E-state index in [1.54, 1.807) is 0 Å². The molecule has 0 aliphatic heterocycles. The van der Waals surface area contributed by atoms with Gasteiger partial charge >= 0.3 is 35.8 Å². The zero-order valence-electron chi connectivity index (χ0n) is 14.3. The molecule has 2 N–H and O–H groups in total. The van der Waals surface area contributed by atoms with Gasteiger partial charge in [0, 0.05) is 19.5 Å². The van der Waals surface area contributed by atoms with E-state index in [2.05, 4.69) is 0 Å². The summed E-state index contributed by atoms with van der Waals surface area (Å²) in [6.07, 6.45) is -9.72. The van der Waals surface area contributed by atoms with Gasteiger partial charge in [-0.2, -0.15) is 57.1 Å². The van der Waals surface area contributed by atoms with E-state index in [0.717, 1.165) is 12.1 Å². The van der Waals surface area contributed by atoms with Crippen LogP contribution in [0.15, 0.2) is 24.3 Å². The Bertz CT molecular complexity index is 712. The number of halogens is 13. The van der Waals surface area contributed by atoms with Gasteiger partial charge in [0.2, 0.25) is 0 Å². The van der Waals surface area contributed by atoms with Crippen molar-refractivity contribution >= 4 is 0 Å². The Morgan fingerprint density at radius 2 is 1.07 bits per heavy atom. The molecular weight excluding hydrogens is 457 g/mol. The maximum atomic E-state index is 13.5. The third kappa shape index (κ3) is 4.39. The molecule has 1 aromatic rings. The average molecular weight is 469 g/mol. The lowest BCUT2D eigenvalue weighted by molar-refractivity contribution is -0.440. The first-order chi connectivity index (χ1) is 13.2. The van der Waals surface area contributed by atoms with Crippen molar-refractivity contribution in [2.75, 3.05) is 6.54 Å². The highest BCUT2D eigenvalue weighted by molar-refractivity contribution is 5.25. The van der Waals surface area contributed by atoms with Crippen molar-refractivity contribution in [3.63, 3.8) is 0 Å². The van der Waals surface area contributed by atoms with Crippen molar-refractivity contribution in [1.29, 1.82) is 0 Å². The van der Waals surface area contributed by atoms with E-state index < -0.39 is 48.8 Å². The number of hydrogen-bond acceptors (Lipinski definition) is 2. The number of aromatic hydroxyl groups is 1. The van der Waals surface area contributed by atoms with Crippen LogP contribution in [0.25, 0.3) is 0 Å². The minimum absolute atomic E-state index is 0.191. The third-order valence-corrected chi connectivity index (χ3v) is 3.88. The molecule has 0 aliphatic carbocycles. The maximum Gasteiger partial charge on any atom is 0.460 e. The second-order valence-corrected chi connectivity index (χ2v) is 6.09. The summed E-state index contributed by atoms with van der Waals surface area (Å²) in [6, 6.07) is 4.76. The van der Waals surface area contributed by atoms with Crippen LogP contribution in [0.2, 0.25) is 0 Å². The molecule has 0 aliphatic rings. The molecule has 0 radical (unpaired) electrons. The van der Waals surface area contributed by atoms with Gasteiger partial charge in [-0.25, -0.2) is 0 Å². The summed E-state index contributed by atoms with van der Waals surface area (Å²) >= 11 is 0. The predicted molar refractivity (Wildman–Crippen MR) is 75.2 cm³/mol. The Morgan fingerprint density at radius 3 is 1.50 bits per heavy atom. The molecule has 0 atom stereocenters. The van der Waals surface area contributed by atoms with Crippen molar-refractivity contribution in [2.45, 2.75) is 48.8 Å². The molecule has 0 unspecified atom stereocenters. The van der Waals surface area contributed by atoms with Crippen molar-refractivity contribution < 1.29 is 62.2 Å². The van der Waals surface area contributed by atoms with Crippen LogP contribution in [0.4, 0.5) is 57.1 Å². The fourth-order valence-corrected chi connectivity index (χ4v) is 2.05. The number of phenolic OH excluding ortho intramolecular Hbond substituents is 1. The number of hydrogen-bond donors (Lipinski definition) is 2. The van der Waals surface area contributed by atoms with Crippen LogP contribution >= 0.6 is 0 Å². The van der Waals surface area contributed by atoms with Crippen molar-refractivity contribution in [2.24, 2.45) is 0 Å². The highest BCUT2D eigenvalue weighted by atomic mass is 19.4. The Kier molecular flexibility index (Phi) is 6.93. The van der Waals surface area contributed by atoms with E-state index in [1.807, 2.05) is 5.32 Å². The van der Waals surface area contributed by atoms with Gasteiger partial charge in [0.15, 0.2) is 0 Å². The highest BCUT2D eigenvalue weighted by Crippen LogP contribution is 2.60. The number of phenols is 1. The molecule has 0 spiro atoms. The molecule has 0 aromatic heterocycles. The number of alkyl halides is 13. The molecule has 15 heteroatoms. The molecule has 174 valence electrons. The first-order valence-corrected chi connectivity index (χ1v) is 7.67. The smallest absolute Gasteiger partial charge is 0.460 e. The van der Waals surface area contributed by atoms with Crippen LogP contribution in [0.3, 0.4) is 0 Å². The average Bonchev–Trinajstić information content (AvgIpc) is 2.58. The summed E-state index contributed by atoms with van der Waals surface area (Å²) < 4.78 is 168. The molecular formula is C15H12F13NO. The predicted octanol–water partition coefficient (Wildman–Crippen LogP) is 5.61. The van der Waals surface area contributed by atoms with Gasteiger partial charge < -0.3 is 10.4 Å². The molecule has 2 nitrogen and oxygen atoms in total. The van der Waals surface area contributed by atoms with E-state index in [4.69, 9.17) is 5.11 Å². The minimum Gasteiger partial charge on any atom is -0.508 e. The largest absolute Gasteiger partial charge is 0.508 e. The van der Waals surface area contributed by atoms with Crippen molar-refractivity contribution in [3.8, 4) is 5.75 Å². The molecule has 1 aromatic carbocycles. The molecule has 0 bridgehead atoms. The SMILES string of the molecule is Oc1ccc(CNCCC(F)(F)C(F)(F)C(F)(F)C(F)(F)C(F)(F)C(F)(F)F)cc1. The normalized spacial score (nSPS) is 14.8. The van der Waals surface area contributed by atoms with E-state index >= 15 is 0 Å². The third-order valence-electron chi connectivity index (χ3n) is 3.88. The maximum absolute atomic E-state index is 13.5. The fourth-order valence-electron chi connectivity index (χ4n) is 2.05. The number of benzene rings is 1. The Labute approximate surface area is 159 Å². The Balaban J connectivity index is 2.98. The van der Waals surface area contributed by atoms with Crippen molar-refractivity contribution in [1.82, 2.24) is 5.32 Å². The zero-order valence-corrected chi connectivity index (χ0v) is 14.3. The summed E-state index contributed by atoms with van der Waals surface area (Å²) in [5.41, 5.74) is 0.282. The second-order valence-electron chi connectivity index (χ2n) is 6.09. The van der Waals surface area contributed by atoms with E-state index in [-0.39, 0.29) is 17.9 Å². The molecule has 1 rings (SSSR count). The molecule has 30 heavy (non-hydrogen) atoms. The number of rotatable bonds is 9. The summed E-state index contributed by atoms with van der Waals surface area (Å²) in [5, 5.41) is 11.1. The Morgan fingerprint density at radius 1 is 0.633 bits per heavy atom. The van der Waals surface area contributed by atoms with Gasteiger partial charge in [-0.15, -0.1) is 0 Å². The van der Waals surface area contributed by atoms with E-state index in [0.29, 0.717) is 0 Å². The van der Waals surface area contributed by atoms with E-state index in [9.17, 15) is 57.1 Å². The van der Waals surface area contributed by atoms with Gasteiger partial charge in [-0.3, -0.25) is 0 Å². The minimum atomic E-state index is -7.88. The highest BCUT2D eigenvalue weighted by Gasteiger charge is 2.90. The van der Waals surface area contributed by atoms with Crippen LogP contribution < -0.4 is 5.32 Å².